The lowest BCUT2D eigenvalue weighted by Crippen LogP contribution is -2.28. The molecule has 0 saturated carbocycles. The molecule has 1 aliphatic rings. The summed E-state index contributed by atoms with van der Waals surface area (Å²) < 4.78 is 36.5. The minimum absolute atomic E-state index is 0.0783. The highest BCUT2D eigenvalue weighted by Crippen LogP contribution is 2.32. The molecule has 1 amide bonds. The number of ether oxygens (including phenoxy) is 2. The van der Waals surface area contributed by atoms with E-state index >= 15 is 0 Å². The van der Waals surface area contributed by atoms with Crippen LogP contribution < -0.4 is 14.8 Å². The summed E-state index contributed by atoms with van der Waals surface area (Å²) in [6.07, 6.45) is -0.377. The molecule has 7 heteroatoms. The summed E-state index contributed by atoms with van der Waals surface area (Å²) in [5.41, 5.74) is 1.13. The lowest BCUT2D eigenvalue weighted by atomic mass is 10.1. The molecule has 0 aromatic heterocycles. The van der Waals surface area contributed by atoms with Gasteiger partial charge in [0.2, 0.25) is 12.7 Å². The number of halogens is 2. The number of nitrogens with one attached hydrogen (secondary N) is 1. The van der Waals surface area contributed by atoms with E-state index in [1.165, 1.54) is 6.07 Å². The van der Waals surface area contributed by atoms with E-state index in [4.69, 9.17) is 9.47 Å². The summed E-state index contributed by atoms with van der Waals surface area (Å²) in [6.45, 7) is 0.117. The number of hydrogen-bond donors (Lipinski definition) is 2. The summed E-state index contributed by atoms with van der Waals surface area (Å²) in [6, 6.07) is 8.61. The maximum Gasteiger partial charge on any atom is 0.231 e. The smallest absolute Gasteiger partial charge is 0.231 e. The zero-order chi connectivity index (χ0) is 17.8. The van der Waals surface area contributed by atoms with E-state index in [9.17, 15) is 18.7 Å². The SMILES string of the molecule is O=C(CCc1ccc2c(c1)OCO2)NC[C@H](O)c1ccc(F)c(F)c1. The zero-order valence-electron chi connectivity index (χ0n) is 13.3. The van der Waals surface area contributed by atoms with Crippen molar-refractivity contribution in [1.82, 2.24) is 5.32 Å². The first-order valence-electron chi connectivity index (χ1n) is 7.81. The Bertz CT molecular complexity index is 782. The van der Waals surface area contributed by atoms with Gasteiger partial charge < -0.3 is 19.9 Å². The molecular formula is C18H17F2NO4. The van der Waals surface area contributed by atoms with Gasteiger partial charge in [0.05, 0.1) is 6.10 Å². The van der Waals surface area contributed by atoms with Gasteiger partial charge in [0.25, 0.3) is 0 Å². The van der Waals surface area contributed by atoms with Crippen LogP contribution >= 0.6 is 0 Å². The highest BCUT2D eigenvalue weighted by molar-refractivity contribution is 5.76. The quantitative estimate of drug-likeness (QED) is 0.841. The molecule has 0 saturated heterocycles. The van der Waals surface area contributed by atoms with Gasteiger partial charge in [0, 0.05) is 13.0 Å². The minimum Gasteiger partial charge on any atom is -0.454 e. The highest BCUT2D eigenvalue weighted by Gasteiger charge is 2.15. The largest absolute Gasteiger partial charge is 0.454 e. The second kappa shape index (κ2) is 7.48. The van der Waals surface area contributed by atoms with Gasteiger partial charge >= 0.3 is 0 Å². The lowest BCUT2D eigenvalue weighted by Gasteiger charge is -2.12. The van der Waals surface area contributed by atoms with Gasteiger partial charge in [-0.25, -0.2) is 8.78 Å². The van der Waals surface area contributed by atoms with Crippen LogP contribution in [0.15, 0.2) is 36.4 Å². The average Bonchev–Trinajstić information content (AvgIpc) is 3.08. The number of rotatable bonds is 6. The first-order valence-corrected chi connectivity index (χ1v) is 7.81. The van der Waals surface area contributed by atoms with Crippen molar-refractivity contribution >= 4 is 5.91 Å². The third kappa shape index (κ3) is 4.24. The van der Waals surface area contributed by atoms with Crippen molar-refractivity contribution in [2.45, 2.75) is 18.9 Å². The van der Waals surface area contributed by atoms with E-state index in [0.29, 0.717) is 17.9 Å². The maximum atomic E-state index is 13.1. The van der Waals surface area contributed by atoms with Crippen LogP contribution in [0.4, 0.5) is 8.78 Å². The summed E-state index contributed by atoms with van der Waals surface area (Å²) in [4.78, 5) is 11.9. The number of carbonyl (C=O) groups is 1. The molecule has 5 nitrogen and oxygen atoms in total. The molecule has 2 aromatic carbocycles. The van der Waals surface area contributed by atoms with E-state index in [2.05, 4.69) is 5.32 Å². The first kappa shape index (κ1) is 17.2. The van der Waals surface area contributed by atoms with Gasteiger partial charge in [0.15, 0.2) is 23.1 Å². The molecule has 25 heavy (non-hydrogen) atoms. The number of benzene rings is 2. The fourth-order valence-corrected chi connectivity index (χ4v) is 2.49. The van der Waals surface area contributed by atoms with Crippen LogP contribution in [0.25, 0.3) is 0 Å². The molecule has 2 aromatic rings. The number of carbonyl (C=O) groups excluding carboxylic acids is 1. The molecule has 1 heterocycles. The van der Waals surface area contributed by atoms with Crippen molar-refractivity contribution in [3.05, 3.63) is 59.2 Å². The lowest BCUT2D eigenvalue weighted by molar-refractivity contribution is -0.121. The molecule has 132 valence electrons. The maximum absolute atomic E-state index is 13.1. The number of hydrogen-bond acceptors (Lipinski definition) is 4. The summed E-state index contributed by atoms with van der Waals surface area (Å²) in [5.74, 6) is -0.928. The Labute approximate surface area is 143 Å². The normalized spacial score (nSPS) is 13.6. The topological polar surface area (TPSA) is 67.8 Å². The Morgan fingerprint density at radius 3 is 2.72 bits per heavy atom. The Kier molecular flexibility index (Phi) is 5.14. The van der Waals surface area contributed by atoms with E-state index in [1.807, 2.05) is 12.1 Å². The van der Waals surface area contributed by atoms with E-state index in [1.54, 1.807) is 6.07 Å². The summed E-state index contributed by atoms with van der Waals surface area (Å²) in [5, 5.41) is 12.5. The van der Waals surface area contributed by atoms with Gasteiger partial charge in [-0.15, -0.1) is 0 Å². The van der Waals surface area contributed by atoms with Crippen molar-refractivity contribution in [2.75, 3.05) is 13.3 Å². The van der Waals surface area contributed by atoms with E-state index in [0.717, 1.165) is 17.7 Å². The first-order chi connectivity index (χ1) is 12.0. The Morgan fingerprint density at radius 2 is 1.92 bits per heavy atom. The second-order valence-corrected chi connectivity index (χ2v) is 5.68. The highest BCUT2D eigenvalue weighted by atomic mass is 19.2. The Balaban J connectivity index is 1.47. The molecule has 3 rings (SSSR count). The van der Waals surface area contributed by atoms with Crippen LogP contribution in [0, 0.1) is 11.6 Å². The van der Waals surface area contributed by atoms with Gasteiger partial charge in [-0.2, -0.15) is 0 Å². The van der Waals surface area contributed by atoms with Crippen LogP contribution in [0.3, 0.4) is 0 Å². The second-order valence-electron chi connectivity index (χ2n) is 5.68. The van der Waals surface area contributed by atoms with Crippen LogP contribution in [-0.4, -0.2) is 24.4 Å². The van der Waals surface area contributed by atoms with E-state index < -0.39 is 17.7 Å². The number of aryl methyl sites for hydroxylation is 1. The van der Waals surface area contributed by atoms with Gasteiger partial charge in [-0.05, 0) is 41.8 Å². The number of amides is 1. The van der Waals surface area contributed by atoms with Gasteiger partial charge in [-0.3, -0.25) is 4.79 Å². The minimum atomic E-state index is -1.11. The fourth-order valence-electron chi connectivity index (χ4n) is 2.49. The van der Waals surface area contributed by atoms with Crippen LogP contribution in [-0.2, 0) is 11.2 Å². The summed E-state index contributed by atoms with van der Waals surface area (Å²) >= 11 is 0. The Morgan fingerprint density at radius 1 is 1.12 bits per heavy atom. The molecule has 0 bridgehead atoms. The zero-order valence-corrected chi connectivity index (χ0v) is 13.3. The predicted molar refractivity (Wildman–Crippen MR) is 85.2 cm³/mol. The van der Waals surface area contributed by atoms with Crippen molar-refractivity contribution in [3.8, 4) is 11.5 Å². The van der Waals surface area contributed by atoms with Crippen LogP contribution in [0.2, 0.25) is 0 Å². The predicted octanol–water partition coefficient (Wildman–Crippen LogP) is 2.48. The van der Waals surface area contributed by atoms with Crippen molar-refractivity contribution in [3.63, 3.8) is 0 Å². The molecule has 1 aliphatic heterocycles. The molecular weight excluding hydrogens is 332 g/mol. The fraction of sp³-hybridized carbons (Fsp3) is 0.278. The van der Waals surface area contributed by atoms with Crippen molar-refractivity contribution in [2.24, 2.45) is 0 Å². The van der Waals surface area contributed by atoms with Gasteiger partial charge in [-0.1, -0.05) is 12.1 Å². The molecule has 0 aliphatic carbocycles. The third-order valence-corrected chi connectivity index (χ3v) is 3.90. The standard InChI is InChI=1S/C18H17F2NO4/c19-13-4-3-12(8-14(13)20)15(22)9-21-18(23)6-2-11-1-5-16-17(7-11)25-10-24-16/h1,3-5,7-8,15,22H,2,6,9-10H2,(H,21,23)/t15-/m0/s1. The van der Waals surface area contributed by atoms with Crippen molar-refractivity contribution < 1.29 is 28.2 Å². The van der Waals surface area contributed by atoms with Crippen LogP contribution in [0.1, 0.15) is 23.7 Å². The van der Waals surface area contributed by atoms with Gasteiger partial charge in [0.1, 0.15) is 0 Å². The number of aliphatic hydroxyl groups excluding tert-OH is 1. The molecule has 0 fully saturated rings. The molecule has 0 spiro atoms. The number of fused-ring (bicyclic) bond motifs is 1. The number of aliphatic hydroxyl groups is 1. The Hall–Kier alpha value is -2.67. The molecule has 2 N–H and O–H groups in total. The molecule has 0 radical (unpaired) electrons. The summed E-state index contributed by atoms with van der Waals surface area (Å²) in [7, 11) is 0. The molecule has 0 unspecified atom stereocenters. The van der Waals surface area contributed by atoms with E-state index in [-0.39, 0.29) is 31.2 Å². The van der Waals surface area contributed by atoms with Crippen LogP contribution in [0.5, 0.6) is 11.5 Å². The average molecular weight is 349 g/mol. The monoisotopic (exact) mass is 349 g/mol. The van der Waals surface area contributed by atoms with Crippen molar-refractivity contribution in [1.29, 1.82) is 0 Å². The third-order valence-electron chi connectivity index (χ3n) is 3.90. The molecule has 1 atom stereocenters.